The Labute approximate surface area is 411 Å². The molecule has 72 heavy (non-hydrogen) atoms. The lowest BCUT2D eigenvalue weighted by atomic mass is 10.0. The van der Waals surface area contributed by atoms with Crippen molar-refractivity contribution in [3.63, 3.8) is 0 Å². The highest BCUT2D eigenvalue weighted by Gasteiger charge is 2.25. The maximum absolute atomic E-state index is 10.2. The summed E-state index contributed by atoms with van der Waals surface area (Å²) in [6.07, 6.45) is 0. The highest BCUT2D eigenvalue weighted by Crippen LogP contribution is 2.43. The third-order valence-electron chi connectivity index (χ3n) is 12.6. The number of nitrogens with zero attached hydrogens (tertiary/aromatic N) is 12. The van der Waals surface area contributed by atoms with Crippen molar-refractivity contribution in [3.8, 4) is 46.8 Å². The summed E-state index contributed by atoms with van der Waals surface area (Å²) in [7, 11) is 0. The summed E-state index contributed by atoms with van der Waals surface area (Å²) < 4.78 is 0. The minimum Gasteiger partial charge on any atom is -0.310 e. The Morgan fingerprint density at radius 1 is 0.278 bits per heavy atom. The van der Waals surface area contributed by atoms with Gasteiger partial charge in [0.15, 0.2) is 22.8 Å². The van der Waals surface area contributed by atoms with Crippen LogP contribution in [0.5, 0.6) is 0 Å². The number of fused-ring (bicyclic) bond motifs is 8. The highest BCUT2D eigenvalue weighted by atomic mass is 15.1. The van der Waals surface area contributed by atoms with Crippen LogP contribution in [0, 0.1) is 45.3 Å². The van der Waals surface area contributed by atoms with Gasteiger partial charge in [-0.2, -0.15) is 21.0 Å². The quantitative estimate of drug-likeness (QED) is 0.132. The van der Waals surface area contributed by atoms with Gasteiger partial charge in [-0.1, -0.05) is 133 Å². The van der Waals surface area contributed by atoms with Crippen LogP contribution in [0.4, 0.5) is 34.1 Å². The molecule has 3 aromatic heterocycles. The van der Waals surface area contributed by atoms with Gasteiger partial charge in [-0.25, -0.2) is 29.9 Å². The Morgan fingerprint density at radius 2 is 0.569 bits per heavy atom. The standard InChI is InChI=1S/C60H32N12/c61-33-47-49(35-63)67-57-55(65-47)56-58(68-50(36-64)48(34-62)66-56)60-59(57)69-53(39-25-29-43(30-26-39)71(41-17-3-1-4-18-41)51-23-11-15-37-13-7-9-21-45(37)51)54(70-60)40-27-31-44(32-28-40)72(42-19-5-2-6-20-42)52-24-12-16-38-14-8-10-22-46(38)52/h1-32H. The summed E-state index contributed by atoms with van der Waals surface area (Å²) in [5.41, 5.74) is 8.03. The Kier molecular flexibility index (Phi) is 10.4. The molecule has 12 aromatic rings. The SMILES string of the molecule is N#Cc1nc2c3nc(C#N)c(C#N)nc3c3nc(-c4ccc(N(c5ccccc5)c5cccc6ccccc56)cc4)c(-c4ccc(N(c5ccccc5)c5cccc6ccccc56)cc4)nc3c2nc1C#N. The number of hydrogen-bond donors (Lipinski definition) is 0. The second-order valence-corrected chi connectivity index (χ2v) is 16.7. The fourth-order valence-electron chi connectivity index (χ4n) is 9.36. The van der Waals surface area contributed by atoms with Gasteiger partial charge >= 0.3 is 0 Å². The normalized spacial score (nSPS) is 11.0. The Hall–Kier alpha value is -10.9. The molecule has 12 heteroatoms. The molecule has 12 nitrogen and oxygen atoms in total. The minimum absolute atomic E-state index is 0.0808. The van der Waals surface area contributed by atoms with E-state index in [0.717, 1.165) is 55.7 Å². The van der Waals surface area contributed by atoms with Gasteiger partial charge < -0.3 is 9.80 Å². The number of hydrogen-bond acceptors (Lipinski definition) is 12. The van der Waals surface area contributed by atoms with Crippen molar-refractivity contribution in [3.05, 3.63) is 217 Å². The number of nitriles is 4. The van der Waals surface area contributed by atoms with Crippen LogP contribution >= 0.6 is 0 Å². The smallest absolute Gasteiger partial charge is 0.177 e. The molecule has 0 radical (unpaired) electrons. The van der Waals surface area contributed by atoms with Crippen LogP contribution in [-0.4, -0.2) is 29.9 Å². The van der Waals surface area contributed by atoms with E-state index in [1.807, 2.05) is 133 Å². The van der Waals surface area contributed by atoms with Gasteiger partial charge in [0.25, 0.3) is 0 Å². The van der Waals surface area contributed by atoms with Crippen LogP contribution in [0.1, 0.15) is 22.8 Å². The van der Waals surface area contributed by atoms with Crippen molar-refractivity contribution >= 4 is 88.8 Å². The van der Waals surface area contributed by atoms with Crippen LogP contribution in [-0.2, 0) is 0 Å². The molecule has 0 aliphatic carbocycles. The van der Waals surface area contributed by atoms with Gasteiger partial charge in [-0.3, -0.25) is 0 Å². The van der Waals surface area contributed by atoms with E-state index in [0.29, 0.717) is 22.5 Å². The maximum Gasteiger partial charge on any atom is 0.177 e. The van der Waals surface area contributed by atoms with Gasteiger partial charge in [0.05, 0.1) is 22.8 Å². The second-order valence-electron chi connectivity index (χ2n) is 16.7. The largest absolute Gasteiger partial charge is 0.310 e. The zero-order valence-electron chi connectivity index (χ0n) is 37.8. The van der Waals surface area contributed by atoms with E-state index >= 15 is 0 Å². The summed E-state index contributed by atoms with van der Waals surface area (Å²) in [6, 6.07) is 73.6. The third-order valence-corrected chi connectivity index (χ3v) is 12.6. The van der Waals surface area contributed by atoms with E-state index in [4.69, 9.17) is 9.97 Å². The molecule has 9 aromatic carbocycles. The molecule has 0 bridgehead atoms. The molecular weight excluding hydrogens is 889 g/mol. The molecule has 0 aliphatic heterocycles. The molecule has 0 atom stereocenters. The fourth-order valence-corrected chi connectivity index (χ4v) is 9.36. The third kappa shape index (κ3) is 7.14. The van der Waals surface area contributed by atoms with E-state index in [1.54, 1.807) is 0 Å². The van der Waals surface area contributed by atoms with Crippen LogP contribution in [0.3, 0.4) is 0 Å². The molecular formula is C60H32N12. The molecule has 0 amide bonds. The first-order valence-corrected chi connectivity index (χ1v) is 22.8. The summed E-state index contributed by atoms with van der Waals surface area (Å²) in [4.78, 5) is 33.5. The highest BCUT2D eigenvalue weighted by molar-refractivity contribution is 6.19. The average Bonchev–Trinajstić information content (AvgIpc) is 3.45. The fraction of sp³-hybridized carbons (Fsp3) is 0. The van der Waals surface area contributed by atoms with Crippen molar-refractivity contribution in [2.24, 2.45) is 0 Å². The van der Waals surface area contributed by atoms with Crippen LogP contribution in [0.2, 0.25) is 0 Å². The molecule has 0 aliphatic rings. The van der Waals surface area contributed by atoms with Crippen molar-refractivity contribution < 1.29 is 0 Å². The maximum atomic E-state index is 10.2. The van der Waals surface area contributed by atoms with E-state index in [-0.39, 0.29) is 55.9 Å². The summed E-state index contributed by atoms with van der Waals surface area (Å²) >= 11 is 0. The number of rotatable bonds is 8. The predicted molar refractivity (Wildman–Crippen MR) is 280 cm³/mol. The van der Waals surface area contributed by atoms with E-state index in [9.17, 15) is 21.0 Å². The molecule has 12 rings (SSSR count). The molecule has 0 unspecified atom stereocenters. The molecule has 332 valence electrons. The van der Waals surface area contributed by atoms with Gasteiger partial charge in [0, 0.05) is 44.6 Å². The van der Waals surface area contributed by atoms with E-state index in [2.05, 4.69) is 115 Å². The van der Waals surface area contributed by atoms with Gasteiger partial charge in [-0.05, 0) is 71.4 Å². The molecule has 0 fully saturated rings. The lowest BCUT2D eigenvalue weighted by Gasteiger charge is -2.27. The molecule has 0 saturated heterocycles. The van der Waals surface area contributed by atoms with Gasteiger partial charge in [0.1, 0.15) is 57.4 Å². The molecule has 0 spiro atoms. The molecule has 3 heterocycles. The van der Waals surface area contributed by atoms with E-state index < -0.39 is 0 Å². The Balaban J connectivity index is 1.10. The molecule has 0 saturated carbocycles. The minimum atomic E-state index is -0.238. The lowest BCUT2D eigenvalue weighted by molar-refractivity contribution is 1.17. The zero-order chi connectivity index (χ0) is 48.7. The van der Waals surface area contributed by atoms with Crippen molar-refractivity contribution in [1.82, 2.24) is 29.9 Å². The van der Waals surface area contributed by atoms with Crippen molar-refractivity contribution in [2.45, 2.75) is 0 Å². The van der Waals surface area contributed by atoms with Gasteiger partial charge in [-0.15, -0.1) is 0 Å². The van der Waals surface area contributed by atoms with Crippen molar-refractivity contribution in [1.29, 1.82) is 21.0 Å². The van der Waals surface area contributed by atoms with Crippen LogP contribution < -0.4 is 9.80 Å². The van der Waals surface area contributed by atoms with Crippen molar-refractivity contribution in [2.75, 3.05) is 9.80 Å². The topological polar surface area (TPSA) is 179 Å². The number of aromatic nitrogens is 6. The number of anilines is 6. The summed E-state index contributed by atoms with van der Waals surface area (Å²) in [5, 5.41) is 44.8. The zero-order valence-corrected chi connectivity index (χ0v) is 37.8. The van der Waals surface area contributed by atoms with E-state index in [1.165, 1.54) is 0 Å². The first kappa shape index (κ1) is 42.4. The lowest BCUT2D eigenvalue weighted by Crippen LogP contribution is -2.10. The molecule has 0 N–H and O–H groups in total. The average molecular weight is 921 g/mol. The Bertz CT molecular complexity index is 4030. The first-order valence-electron chi connectivity index (χ1n) is 22.8. The van der Waals surface area contributed by atoms with Crippen LogP contribution in [0.25, 0.3) is 77.2 Å². The first-order chi connectivity index (χ1) is 35.5. The summed E-state index contributed by atoms with van der Waals surface area (Å²) in [5.74, 6) is 0. The summed E-state index contributed by atoms with van der Waals surface area (Å²) in [6.45, 7) is 0. The Morgan fingerprint density at radius 3 is 0.917 bits per heavy atom. The number of benzene rings is 9. The van der Waals surface area contributed by atoms with Gasteiger partial charge in [0.2, 0.25) is 0 Å². The van der Waals surface area contributed by atoms with Crippen LogP contribution in [0.15, 0.2) is 194 Å². The second kappa shape index (κ2) is 17.6. The number of para-hydroxylation sites is 2. The predicted octanol–water partition coefficient (Wildman–Crippen LogP) is 13.6. The monoisotopic (exact) mass is 920 g/mol.